The van der Waals surface area contributed by atoms with Crippen molar-refractivity contribution in [3.05, 3.63) is 0 Å². The minimum Gasteiger partial charge on any atom is -0.323 e. The van der Waals surface area contributed by atoms with Crippen molar-refractivity contribution in [1.82, 2.24) is 5.43 Å². The lowest BCUT2D eigenvalue weighted by atomic mass is 10.7. The topological polar surface area (TPSA) is 93.5 Å². The van der Waals surface area contributed by atoms with Gasteiger partial charge in [-0.2, -0.15) is 5.10 Å². The van der Waals surface area contributed by atoms with Crippen LogP contribution < -0.4 is 17.1 Å². The van der Waals surface area contributed by atoms with Crippen molar-refractivity contribution in [1.29, 1.82) is 0 Å². The van der Waals surface area contributed by atoms with Gasteiger partial charge >= 0.3 is 0 Å². The van der Waals surface area contributed by atoms with Gasteiger partial charge in [0.2, 0.25) is 0 Å². The molecule has 0 aromatic rings. The second-order valence-corrected chi connectivity index (χ2v) is 0.787. The normalized spacial score (nSPS) is 9.29. The van der Waals surface area contributed by atoms with Gasteiger partial charge in [-0.05, 0) is 0 Å². The molecule has 0 aliphatic heterocycles. The van der Waals surface area contributed by atoms with Crippen LogP contribution in [0, 0.1) is 0 Å². The minimum atomic E-state index is -0.512. The van der Waals surface area contributed by atoms with Crippen molar-refractivity contribution >= 4 is 12.1 Å². The van der Waals surface area contributed by atoms with E-state index in [4.69, 9.17) is 0 Å². The van der Waals surface area contributed by atoms with E-state index in [0.717, 1.165) is 6.21 Å². The molecule has 0 saturated heterocycles. The molecule has 7 heavy (non-hydrogen) atoms. The van der Waals surface area contributed by atoms with Crippen molar-refractivity contribution in [2.75, 3.05) is 0 Å². The van der Waals surface area contributed by atoms with Crippen LogP contribution in [0.3, 0.4) is 0 Å². The highest BCUT2D eigenvalue weighted by atomic mass is 16.2. The molecule has 0 saturated carbocycles. The Hall–Kier alpha value is -1.10. The summed E-state index contributed by atoms with van der Waals surface area (Å²) in [5.74, 6) is 8.66. The summed E-state index contributed by atoms with van der Waals surface area (Å²) in [6.45, 7) is 0. The monoisotopic (exact) mass is 102 g/mol. The first-order valence-corrected chi connectivity index (χ1v) is 1.55. The predicted octanol–water partition coefficient (Wildman–Crippen LogP) is -2.08. The maximum atomic E-state index is 9.95. The molecule has 0 radical (unpaired) electrons. The van der Waals surface area contributed by atoms with Gasteiger partial charge in [0, 0.05) is 0 Å². The Kier molecular flexibility index (Phi) is 2.62. The Morgan fingerprint density at radius 2 is 2.43 bits per heavy atom. The lowest BCUT2D eigenvalue weighted by Crippen LogP contribution is -2.31. The summed E-state index contributed by atoms with van der Waals surface area (Å²) in [4.78, 5) is 9.95. The largest absolute Gasteiger partial charge is 0.323 e. The van der Waals surface area contributed by atoms with Gasteiger partial charge in [0.1, 0.15) is 6.21 Å². The van der Waals surface area contributed by atoms with Gasteiger partial charge in [-0.25, -0.2) is 5.84 Å². The molecule has 0 fully saturated rings. The molecule has 0 aliphatic rings. The third kappa shape index (κ3) is 2.71. The van der Waals surface area contributed by atoms with E-state index in [9.17, 15) is 4.79 Å². The highest BCUT2D eigenvalue weighted by molar-refractivity contribution is 6.25. The number of nitrogens with zero attached hydrogens (tertiary/aromatic N) is 1. The van der Waals surface area contributed by atoms with Crippen molar-refractivity contribution in [3.8, 4) is 0 Å². The van der Waals surface area contributed by atoms with E-state index < -0.39 is 5.91 Å². The molecule has 5 heteroatoms. The quantitative estimate of drug-likeness (QED) is 0.153. The van der Waals surface area contributed by atoms with Crippen LogP contribution in [0.4, 0.5) is 0 Å². The Bertz CT molecular complexity index is 87.7. The van der Waals surface area contributed by atoms with E-state index >= 15 is 0 Å². The lowest BCUT2D eigenvalue weighted by molar-refractivity contribution is -0.114. The number of carbonyl (C=O) groups excluding carboxylic acids is 1. The molecule has 5 N–H and O–H groups in total. The Morgan fingerprint density at radius 3 is 2.57 bits per heavy atom. The van der Waals surface area contributed by atoms with Gasteiger partial charge in [-0.15, -0.1) is 0 Å². The number of rotatable bonds is 1. The molecule has 0 atom stereocenters. The van der Waals surface area contributed by atoms with Gasteiger partial charge in [0.15, 0.2) is 0 Å². The first-order chi connectivity index (χ1) is 3.31. The Labute approximate surface area is 40.3 Å². The first-order valence-electron chi connectivity index (χ1n) is 1.55. The standard InChI is InChI=1S/C2H6N4O/c3-5-1-2(7)6-4/h1H,3-4H2,(H,6,7)/b5-1+. The lowest BCUT2D eigenvalue weighted by Gasteiger charge is -1.83. The van der Waals surface area contributed by atoms with Crippen molar-refractivity contribution in [2.45, 2.75) is 0 Å². The van der Waals surface area contributed by atoms with Crippen LogP contribution in [0.1, 0.15) is 0 Å². The molecule has 0 aromatic heterocycles. The molecule has 0 spiro atoms. The zero-order valence-corrected chi connectivity index (χ0v) is 3.59. The molecular formula is C2H6N4O. The van der Waals surface area contributed by atoms with Gasteiger partial charge in [0.05, 0.1) is 0 Å². The van der Waals surface area contributed by atoms with Crippen molar-refractivity contribution in [3.63, 3.8) is 0 Å². The summed E-state index contributed by atoms with van der Waals surface area (Å²) in [6.07, 6.45) is 0.875. The third-order valence-corrected chi connectivity index (χ3v) is 0.334. The molecule has 0 heterocycles. The summed E-state index contributed by atoms with van der Waals surface area (Å²) in [7, 11) is 0. The van der Waals surface area contributed by atoms with Crippen LogP contribution in [0.2, 0.25) is 0 Å². The molecule has 0 aliphatic carbocycles. The summed E-state index contributed by atoms with van der Waals surface area (Å²) in [5, 5.41) is 2.89. The summed E-state index contributed by atoms with van der Waals surface area (Å²) < 4.78 is 0. The maximum absolute atomic E-state index is 9.95. The molecule has 40 valence electrons. The fraction of sp³-hybridized carbons (Fsp3) is 0. The summed E-state index contributed by atoms with van der Waals surface area (Å²) >= 11 is 0. The second kappa shape index (κ2) is 3.10. The molecule has 0 aromatic carbocycles. The van der Waals surface area contributed by atoms with Crippen LogP contribution in [0.15, 0.2) is 5.10 Å². The number of amides is 1. The van der Waals surface area contributed by atoms with E-state index in [1.807, 2.05) is 0 Å². The third-order valence-electron chi connectivity index (χ3n) is 0.334. The van der Waals surface area contributed by atoms with Crippen LogP contribution >= 0.6 is 0 Å². The number of hydrazine groups is 1. The number of carbonyl (C=O) groups is 1. The molecule has 0 bridgehead atoms. The number of hydrazone groups is 1. The average Bonchev–Trinajstić information content (AvgIpc) is 1.68. The number of hydrogen-bond donors (Lipinski definition) is 3. The molecule has 5 nitrogen and oxygen atoms in total. The van der Waals surface area contributed by atoms with E-state index in [1.165, 1.54) is 0 Å². The SMILES string of the molecule is N/N=C/C(=O)NN. The van der Waals surface area contributed by atoms with Gasteiger partial charge in [-0.1, -0.05) is 0 Å². The molecular weight excluding hydrogens is 96.0 g/mol. The highest BCUT2D eigenvalue weighted by Crippen LogP contribution is 1.46. The van der Waals surface area contributed by atoms with E-state index in [2.05, 4.69) is 16.8 Å². The highest BCUT2D eigenvalue weighted by Gasteiger charge is 1.84. The van der Waals surface area contributed by atoms with E-state index in [0.29, 0.717) is 0 Å². The smallest absolute Gasteiger partial charge is 0.278 e. The van der Waals surface area contributed by atoms with Crippen LogP contribution in [0.25, 0.3) is 0 Å². The number of nitrogens with two attached hydrogens (primary N) is 2. The van der Waals surface area contributed by atoms with Crippen molar-refractivity contribution < 1.29 is 4.79 Å². The van der Waals surface area contributed by atoms with Crippen LogP contribution in [-0.4, -0.2) is 12.1 Å². The summed E-state index contributed by atoms with van der Waals surface area (Å²) in [6, 6.07) is 0. The fourth-order valence-corrected chi connectivity index (χ4v) is 0.105. The molecule has 0 unspecified atom stereocenters. The first kappa shape index (κ1) is 5.90. The van der Waals surface area contributed by atoms with Crippen LogP contribution in [-0.2, 0) is 4.79 Å². The molecule has 1 amide bonds. The number of hydrogen-bond acceptors (Lipinski definition) is 4. The Balaban J connectivity index is 3.37. The maximum Gasteiger partial charge on any atom is 0.278 e. The Morgan fingerprint density at radius 1 is 1.86 bits per heavy atom. The summed E-state index contributed by atoms with van der Waals surface area (Å²) in [5.41, 5.74) is 1.80. The van der Waals surface area contributed by atoms with E-state index in [-0.39, 0.29) is 0 Å². The van der Waals surface area contributed by atoms with Gasteiger partial charge in [-0.3, -0.25) is 10.2 Å². The second-order valence-electron chi connectivity index (χ2n) is 0.787. The van der Waals surface area contributed by atoms with E-state index in [1.54, 1.807) is 5.43 Å². The molecule has 0 rings (SSSR count). The average molecular weight is 102 g/mol. The zero-order valence-electron chi connectivity index (χ0n) is 3.59. The predicted molar refractivity (Wildman–Crippen MR) is 25.0 cm³/mol. The van der Waals surface area contributed by atoms with Crippen molar-refractivity contribution in [2.24, 2.45) is 16.8 Å². The zero-order chi connectivity index (χ0) is 5.70. The number of nitrogens with one attached hydrogen (secondary N) is 1. The minimum absolute atomic E-state index is 0.512. The fourth-order valence-electron chi connectivity index (χ4n) is 0.105. The van der Waals surface area contributed by atoms with Gasteiger partial charge in [0.25, 0.3) is 5.91 Å². The van der Waals surface area contributed by atoms with Crippen LogP contribution in [0.5, 0.6) is 0 Å². The van der Waals surface area contributed by atoms with Gasteiger partial charge < -0.3 is 5.84 Å².